The van der Waals surface area contributed by atoms with Gasteiger partial charge in [0, 0.05) is 12.7 Å². The van der Waals surface area contributed by atoms with Crippen molar-refractivity contribution in [1.29, 1.82) is 0 Å². The molecule has 3 nitrogen and oxygen atoms in total. The van der Waals surface area contributed by atoms with Gasteiger partial charge in [-0.25, -0.2) is 4.98 Å². The van der Waals surface area contributed by atoms with Crippen molar-refractivity contribution in [3.63, 3.8) is 0 Å². The third-order valence-electron chi connectivity index (χ3n) is 2.41. The maximum Gasteiger partial charge on any atom is 0.127 e. The third kappa shape index (κ3) is 3.00. The fraction of sp³-hybridized carbons (Fsp3) is 0.500. The van der Waals surface area contributed by atoms with E-state index in [1.807, 2.05) is 19.1 Å². The lowest BCUT2D eigenvalue weighted by atomic mass is 10.3. The second-order valence-electron chi connectivity index (χ2n) is 3.58. The third-order valence-corrected chi connectivity index (χ3v) is 4.06. The highest BCUT2D eigenvalue weighted by molar-refractivity contribution is 7.85. The molecule has 1 fully saturated rings. The van der Waals surface area contributed by atoms with Crippen LogP contribution < -0.4 is 5.32 Å². The molecule has 15 heavy (non-hydrogen) atoms. The minimum Gasteiger partial charge on any atom is -0.315 e. The number of pyridine rings is 1. The molecule has 2 atom stereocenters. The zero-order chi connectivity index (χ0) is 9.97. The molecule has 0 amide bonds. The summed E-state index contributed by atoms with van der Waals surface area (Å²) in [7, 11) is -0.943. The Kier molecular flexibility index (Phi) is 4.70. The van der Waals surface area contributed by atoms with Gasteiger partial charge >= 0.3 is 0 Å². The Morgan fingerprint density at radius 3 is 3.00 bits per heavy atom. The zero-order valence-electron chi connectivity index (χ0n) is 8.60. The molecule has 0 saturated carbocycles. The number of halogens is 1. The quantitative estimate of drug-likeness (QED) is 0.855. The first-order chi connectivity index (χ1) is 6.77. The van der Waals surface area contributed by atoms with E-state index in [0.717, 1.165) is 30.1 Å². The molecule has 2 rings (SSSR count). The lowest BCUT2D eigenvalue weighted by Gasteiger charge is -2.07. The van der Waals surface area contributed by atoms with Crippen LogP contribution in [0.3, 0.4) is 0 Å². The number of nitrogens with zero attached hydrogens (tertiary/aromatic N) is 1. The maximum absolute atomic E-state index is 12.0. The zero-order valence-corrected chi connectivity index (χ0v) is 10.2. The molecular weight excluding hydrogens is 232 g/mol. The van der Waals surface area contributed by atoms with E-state index in [-0.39, 0.29) is 17.7 Å². The molecule has 0 bridgehead atoms. The fourth-order valence-electron chi connectivity index (χ4n) is 1.60. The number of aromatic nitrogens is 1. The minimum atomic E-state index is -0.943. The standard InChI is InChI=1S/C10H14N2OS.ClH/c1-8-2-5-12-10(6-8)14(13)9-3-4-11-7-9;/h2,5-6,9,11H,3-4,7H2,1H3;1H/t9-,14+;/m1./s1. The minimum absolute atomic E-state index is 0. The van der Waals surface area contributed by atoms with Crippen LogP contribution in [0, 0.1) is 6.92 Å². The largest absolute Gasteiger partial charge is 0.315 e. The predicted molar refractivity (Wildman–Crippen MR) is 63.9 cm³/mol. The Bertz CT molecular complexity index is 353. The first-order valence-corrected chi connectivity index (χ1v) is 6.02. The predicted octanol–water partition coefficient (Wildman–Crippen LogP) is 1.28. The molecule has 2 heterocycles. The van der Waals surface area contributed by atoms with Gasteiger partial charge in [0.15, 0.2) is 0 Å². The average Bonchev–Trinajstić information content (AvgIpc) is 2.69. The van der Waals surface area contributed by atoms with Crippen molar-refractivity contribution in [2.45, 2.75) is 23.6 Å². The maximum atomic E-state index is 12.0. The summed E-state index contributed by atoms with van der Waals surface area (Å²) in [6.07, 6.45) is 2.72. The molecule has 0 spiro atoms. The van der Waals surface area contributed by atoms with Crippen molar-refractivity contribution in [1.82, 2.24) is 10.3 Å². The SMILES string of the molecule is Cc1ccnc([S@@](=O)[C@@H]2CCNC2)c1.Cl. The van der Waals surface area contributed by atoms with Crippen LogP contribution in [0.1, 0.15) is 12.0 Å². The van der Waals surface area contributed by atoms with Gasteiger partial charge in [0.2, 0.25) is 0 Å². The van der Waals surface area contributed by atoms with Crippen LogP contribution in [-0.4, -0.2) is 27.5 Å². The fourth-order valence-corrected chi connectivity index (χ4v) is 3.01. The van der Waals surface area contributed by atoms with Crippen LogP contribution in [0.25, 0.3) is 0 Å². The molecule has 1 saturated heterocycles. The van der Waals surface area contributed by atoms with Gasteiger partial charge in [-0.15, -0.1) is 12.4 Å². The van der Waals surface area contributed by atoms with Crippen LogP contribution in [-0.2, 0) is 10.8 Å². The van der Waals surface area contributed by atoms with Crippen molar-refractivity contribution < 1.29 is 4.21 Å². The number of nitrogens with one attached hydrogen (secondary N) is 1. The van der Waals surface area contributed by atoms with Crippen LogP contribution in [0.2, 0.25) is 0 Å². The van der Waals surface area contributed by atoms with Crippen LogP contribution >= 0.6 is 12.4 Å². The molecule has 84 valence electrons. The summed E-state index contributed by atoms with van der Waals surface area (Å²) in [6.45, 7) is 3.82. The Labute approximate surface area is 98.5 Å². The first kappa shape index (κ1) is 12.6. The van der Waals surface area contributed by atoms with Gasteiger partial charge in [0.1, 0.15) is 5.03 Å². The van der Waals surface area contributed by atoms with E-state index in [0.29, 0.717) is 0 Å². The smallest absolute Gasteiger partial charge is 0.127 e. The molecule has 1 aliphatic heterocycles. The number of rotatable bonds is 2. The highest BCUT2D eigenvalue weighted by atomic mass is 35.5. The lowest BCUT2D eigenvalue weighted by molar-refractivity contribution is 0.669. The lowest BCUT2D eigenvalue weighted by Crippen LogP contribution is -2.19. The summed E-state index contributed by atoms with van der Waals surface area (Å²) < 4.78 is 12.0. The molecule has 0 aromatic carbocycles. The molecule has 1 aliphatic rings. The summed E-state index contributed by atoms with van der Waals surface area (Å²) >= 11 is 0. The second kappa shape index (κ2) is 5.58. The Morgan fingerprint density at radius 2 is 2.40 bits per heavy atom. The van der Waals surface area contributed by atoms with Gasteiger partial charge in [0.25, 0.3) is 0 Å². The number of aryl methyl sites for hydroxylation is 1. The number of hydrogen-bond donors (Lipinski definition) is 1. The van der Waals surface area contributed by atoms with E-state index in [1.165, 1.54) is 0 Å². The van der Waals surface area contributed by atoms with Crippen molar-refractivity contribution >= 4 is 23.2 Å². The van der Waals surface area contributed by atoms with E-state index in [2.05, 4.69) is 10.3 Å². The average molecular weight is 247 g/mol. The van der Waals surface area contributed by atoms with E-state index in [9.17, 15) is 4.21 Å². The van der Waals surface area contributed by atoms with Gasteiger partial charge in [0.05, 0.1) is 16.0 Å². The van der Waals surface area contributed by atoms with E-state index < -0.39 is 10.8 Å². The molecule has 0 radical (unpaired) electrons. The monoisotopic (exact) mass is 246 g/mol. The van der Waals surface area contributed by atoms with Crippen LogP contribution in [0.5, 0.6) is 0 Å². The summed E-state index contributed by atoms with van der Waals surface area (Å²) in [6, 6.07) is 3.84. The topological polar surface area (TPSA) is 42.0 Å². The van der Waals surface area contributed by atoms with Gasteiger partial charge in [-0.2, -0.15) is 0 Å². The number of hydrogen-bond acceptors (Lipinski definition) is 3. The Hall–Kier alpha value is -0.450. The summed E-state index contributed by atoms with van der Waals surface area (Å²) in [5.74, 6) is 0. The molecule has 5 heteroatoms. The van der Waals surface area contributed by atoms with Crippen molar-refractivity contribution in [2.24, 2.45) is 0 Å². The summed E-state index contributed by atoms with van der Waals surface area (Å²) in [5, 5.41) is 4.18. The first-order valence-electron chi connectivity index (χ1n) is 4.81. The molecule has 0 aliphatic carbocycles. The van der Waals surface area contributed by atoms with Crippen LogP contribution in [0.15, 0.2) is 23.4 Å². The summed E-state index contributed by atoms with van der Waals surface area (Å²) in [5.41, 5.74) is 1.12. The van der Waals surface area contributed by atoms with E-state index >= 15 is 0 Å². The Balaban J connectivity index is 0.00000112. The highest BCUT2D eigenvalue weighted by Crippen LogP contribution is 2.14. The normalized spacial score (nSPS) is 22.1. The Morgan fingerprint density at radius 1 is 1.60 bits per heavy atom. The second-order valence-corrected chi connectivity index (χ2v) is 5.26. The summed E-state index contributed by atoms with van der Waals surface area (Å²) in [4.78, 5) is 4.16. The molecule has 0 unspecified atom stereocenters. The molecule has 1 aromatic rings. The van der Waals surface area contributed by atoms with Crippen molar-refractivity contribution in [3.05, 3.63) is 23.9 Å². The van der Waals surface area contributed by atoms with Crippen molar-refractivity contribution in [2.75, 3.05) is 13.1 Å². The van der Waals surface area contributed by atoms with Crippen molar-refractivity contribution in [3.8, 4) is 0 Å². The van der Waals surface area contributed by atoms with E-state index in [4.69, 9.17) is 0 Å². The van der Waals surface area contributed by atoms with Gasteiger partial charge < -0.3 is 5.32 Å². The highest BCUT2D eigenvalue weighted by Gasteiger charge is 2.22. The molecular formula is C10H15ClN2OS. The van der Waals surface area contributed by atoms with Crippen LogP contribution in [0.4, 0.5) is 0 Å². The molecule has 1 aromatic heterocycles. The van der Waals surface area contributed by atoms with Gasteiger partial charge in [-0.3, -0.25) is 4.21 Å². The van der Waals surface area contributed by atoms with Gasteiger partial charge in [-0.1, -0.05) is 0 Å². The van der Waals surface area contributed by atoms with E-state index in [1.54, 1.807) is 6.20 Å². The molecule has 1 N–H and O–H groups in total. The van der Waals surface area contributed by atoms with Gasteiger partial charge in [-0.05, 0) is 37.6 Å².